The Labute approximate surface area is 172 Å². The molecule has 0 bridgehead atoms. The Bertz CT molecular complexity index is 886. The van der Waals surface area contributed by atoms with Crippen molar-refractivity contribution in [1.82, 2.24) is 0 Å². The van der Waals surface area contributed by atoms with Gasteiger partial charge >= 0.3 is 5.97 Å². The summed E-state index contributed by atoms with van der Waals surface area (Å²) in [7, 11) is 0. The van der Waals surface area contributed by atoms with Crippen molar-refractivity contribution in [3.8, 4) is 11.2 Å². The lowest BCUT2D eigenvalue weighted by Gasteiger charge is -2.15. The second kappa shape index (κ2) is 10.0. The first kappa shape index (κ1) is 21.6. The lowest BCUT2D eigenvalue weighted by molar-refractivity contribution is -0.153. The molecule has 0 radical (unpaired) electrons. The quantitative estimate of drug-likeness (QED) is 0.405. The summed E-state index contributed by atoms with van der Waals surface area (Å²) < 4.78 is 10.5. The van der Waals surface area contributed by atoms with Crippen LogP contribution in [0.25, 0.3) is 0 Å². The number of nitriles is 1. The maximum absolute atomic E-state index is 12.1. The SMILES string of the molecule is Cc1cc(SC#N)cc(C)c1NC(=O)COC(=O)[C@H](C)Oc1ccc(Cl)cc1. The van der Waals surface area contributed by atoms with Crippen LogP contribution in [0.5, 0.6) is 5.75 Å². The highest BCUT2D eigenvalue weighted by atomic mass is 35.5. The highest BCUT2D eigenvalue weighted by Gasteiger charge is 2.18. The summed E-state index contributed by atoms with van der Waals surface area (Å²) in [6, 6.07) is 10.2. The molecule has 1 atom stereocenters. The van der Waals surface area contributed by atoms with Crippen LogP contribution in [0.15, 0.2) is 41.3 Å². The normalized spacial score (nSPS) is 11.2. The van der Waals surface area contributed by atoms with Gasteiger partial charge in [-0.1, -0.05) is 11.6 Å². The van der Waals surface area contributed by atoms with Gasteiger partial charge in [0, 0.05) is 15.6 Å². The molecule has 0 unspecified atom stereocenters. The summed E-state index contributed by atoms with van der Waals surface area (Å²) in [5.74, 6) is -0.641. The zero-order valence-electron chi connectivity index (χ0n) is 15.6. The molecule has 2 aromatic rings. The molecular formula is C20H19ClN2O4S. The van der Waals surface area contributed by atoms with E-state index in [1.165, 1.54) is 6.92 Å². The Morgan fingerprint density at radius 2 is 1.82 bits per heavy atom. The van der Waals surface area contributed by atoms with Crippen LogP contribution in [0.4, 0.5) is 5.69 Å². The number of benzene rings is 2. The minimum Gasteiger partial charge on any atom is -0.479 e. The molecule has 2 rings (SSSR count). The number of carbonyl (C=O) groups is 2. The van der Waals surface area contributed by atoms with Gasteiger partial charge in [0.25, 0.3) is 5.91 Å². The molecule has 8 heteroatoms. The third kappa shape index (κ3) is 6.19. The fraction of sp³-hybridized carbons (Fsp3) is 0.250. The number of nitrogens with zero attached hydrogens (tertiary/aromatic N) is 1. The number of hydrogen-bond acceptors (Lipinski definition) is 6. The third-order valence-corrected chi connectivity index (χ3v) is 4.55. The summed E-state index contributed by atoms with van der Waals surface area (Å²) >= 11 is 6.85. The molecule has 0 aliphatic rings. The van der Waals surface area contributed by atoms with E-state index >= 15 is 0 Å². The van der Waals surface area contributed by atoms with Crippen molar-refractivity contribution in [3.05, 3.63) is 52.5 Å². The third-order valence-electron chi connectivity index (χ3n) is 3.74. The second-order valence-corrected chi connectivity index (χ2v) is 7.29. The van der Waals surface area contributed by atoms with Gasteiger partial charge in [-0.25, -0.2) is 4.79 Å². The summed E-state index contributed by atoms with van der Waals surface area (Å²) in [5, 5.41) is 14.1. The lowest BCUT2D eigenvalue weighted by atomic mass is 10.1. The number of amides is 1. The van der Waals surface area contributed by atoms with Crippen molar-refractivity contribution in [3.63, 3.8) is 0 Å². The van der Waals surface area contributed by atoms with Crippen molar-refractivity contribution in [1.29, 1.82) is 5.26 Å². The molecule has 0 aliphatic heterocycles. The molecule has 0 aromatic heterocycles. The number of carbonyl (C=O) groups excluding carboxylic acids is 2. The van der Waals surface area contributed by atoms with Crippen LogP contribution in [-0.2, 0) is 14.3 Å². The molecule has 0 saturated heterocycles. The maximum atomic E-state index is 12.1. The van der Waals surface area contributed by atoms with Crippen LogP contribution in [0.2, 0.25) is 5.02 Å². The smallest absolute Gasteiger partial charge is 0.347 e. The molecule has 28 heavy (non-hydrogen) atoms. The van der Waals surface area contributed by atoms with Crippen molar-refractivity contribution in [2.24, 2.45) is 0 Å². The predicted octanol–water partition coefficient (Wildman–Crippen LogP) is 4.48. The number of nitrogens with one attached hydrogen (secondary N) is 1. The number of rotatable bonds is 7. The van der Waals surface area contributed by atoms with E-state index in [-0.39, 0.29) is 0 Å². The van der Waals surface area contributed by atoms with Crippen molar-refractivity contribution in [2.75, 3.05) is 11.9 Å². The van der Waals surface area contributed by atoms with Crippen molar-refractivity contribution in [2.45, 2.75) is 31.8 Å². The Morgan fingerprint density at radius 3 is 2.39 bits per heavy atom. The van der Waals surface area contributed by atoms with Crippen LogP contribution < -0.4 is 10.1 Å². The Balaban J connectivity index is 1.89. The average Bonchev–Trinajstić information content (AvgIpc) is 2.65. The van der Waals surface area contributed by atoms with Gasteiger partial charge < -0.3 is 14.8 Å². The highest BCUT2D eigenvalue weighted by Crippen LogP contribution is 2.27. The first-order valence-corrected chi connectivity index (χ1v) is 9.55. The molecule has 146 valence electrons. The van der Waals surface area contributed by atoms with Gasteiger partial charge in [0.15, 0.2) is 12.7 Å². The number of ether oxygens (including phenoxy) is 2. The summed E-state index contributed by atoms with van der Waals surface area (Å²) in [6.07, 6.45) is -0.875. The topological polar surface area (TPSA) is 88.4 Å². The Hall–Kier alpha value is -2.69. The van der Waals surface area contributed by atoms with Gasteiger partial charge in [-0.2, -0.15) is 5.26 Å². The molecule has 0 aliphatic carbocycles. The minimum atomic E-state index is -0.875. The lowest BCUT2D eigenvalue weighted by Crippen LogP contribution is -2.30. The highest BCUT2D eigenvalue weighted by molar-refractivity contribution is 8.03. The first-order valence-electron chi connectivity index (χ1n) is 8.36. The summed E-state index contributed by atoms with van der Waals surface area (Å²) in [4.78, 5) is 25.0. The van der Waals surface area contributed by atoms with Gasteiger partial charge in [0.1, 0.15) is 11.2 Å². The van der Waals surface area contributed by atoms with E-state index in [2.05, 4.69) is 5.32 Å². The first-order chi connectivity index (χ1) is 13.3. The van der Waals surface area contributed by atoms with Crippen molar-refractivity contribution >= 4 is 40.9 Å². The molecule has 2 aromatic carbocycles. The number of esters is 1. The number of halogens is 1. The van der Waals surface area contributed by atoms with Gasteiger partial charge in [0.2, 0.25) is 0 Å². The molecule has 1 N–H and O–H groups in total. The monoisotopic (exact) mass is 418 g/mol. The van der Waals surface area contributed by atoms with Crippen LogP contribution in [-0.4, -0.2) is 24.6 Å². The molecule has 6 nitrogen and oxygen atoms in total. The van der Waals surface area contributed by atoms with Crippen LogP contribution in [0.1, 0.15) is 18.1 Å². The number of anilines is 1. The predicted molar refractivity (Wildman–Crippen MR) is 109 cm³/mol. The molecule has 0 heterocycles. The largest absolute Gasteiger partial charge is 0.479 e. The number of aryl methyl sites for hydroxylation is 2. The van der Waals surface area contributed by atoms with E-state index in [4.69, 9.17) is 26.3 Å². The molecule has 0 spiro atoms. The molecule has 1 amide bonds. The summed E-state index contributed by atoms with van der Waals surface area (Å²) in [5.41, 5.74) is 2.27. The van der Waals surface area contributed by atoms with Gasteiger partial charge in [-0.05, 0) is 80.1 Å². The van der Waals surface area contributed by atoms with E-state index in [0.29, 0.717) is 16.5 Å². The van der Waals surface area contributed by atoms with Gasteiger partial charge in [-0.15, -0.1) is 0 Å². The van der Waals surface area contributed by atoms with E-state index in [1.807, 2.05) is 31.4 Å². The molecular weight excluding hydrogens is 400 g/mol. The zero-order chi connectivity index (χ0) is 20.7. The Kier molecular flexibility index (Phi) is 7.73. The van der Waals surface area contributed by atoms with E-state index in [9.17, 15) is 9.59 Å². The van der Waals surface area contributed by atoms with Crippen LogP contribution >= 0.6 is 23.4 Å². The van der Waals surface area contributed by atoms with Crippen LogP contribution in [0, 0.1) is 24.5 Å². The number of thioether (sulfide) groups is 1. The number of hydrogen-bond donors (Lipinski definition) is 1. The van der Waals surface area contributed by atoms with Gasteiger partial charge in [0.05, 0.1) is 0 Å². The van der Waals surface area contributed by atoms with Crippen molar-refractivity contribution < 1.29 is 19.1 Å². The van der Waals surface area contributed by atoms with E-state index < -0.39 is 24.6 Å². The van der Waals surface area contributed by atoms with Crippen LogP contribution in [0.3, 0.4) is 0 Å². The average molecular weight is 419 g/mol. The van der Waals surface area contributed by atoms with E-state index in [1.54, 1.807) is 24.3 Å². The second-order valence-electron chi connectivity index (χ2n) is 6.00. The zero-order valence-corrected chi connectivity index (χ0v) is 17.2. The van der Waals surface area contributed by atoms with E-state index in [0.717, 1.165) is 27.8 Å². The van der Waals surface area contributed by atoms with Gasteiger partial charge in [-0.3, -0.25) is 4.79 Å². The number of thiocyanates is 1. The Morgan fingerprint density at radius 1 is 1.21 bits per heavy atom. The maximum Gasteiger partial charge on any atom is 0.347 e. The molecule has 0 fully saturated rings. The fourth-order valence-electron chi connectivity index (χ4n) is 2.43. The fourth-order valence-corrected chi connectivity index (χ4v) is 3.13. The minimum absolute atomic E-state index is 0.430. The molecule has 0 saturated carbocycles. The summed E-state index contributed by atoms with van der Waals surface area (Å²) in [6.45, 7) is 4.77. The standard InChI is InChI=1S/C20H19ClN2O4S/c1-12-8-17(28-11-22)9-13(2)19(12)23-18(24)10-26-20(25)14(3)27-16-6-4-15(21)5-7-16/h4-9,14H,10H2,1-3H3,(H,23,24)/t14-/m0/s1.